The maximum absolute atomic E-state index is 12.1. The fraction of sp³-hybridized carbons (Fsp3) is 0.714. The van der Waals surface area contributed by atoms with Crippen LogP contribution in [0.2, 0.25) is 0 Å². The molecule has 1 aliphatic carbocycles. The summed E-state index contributed by atoms with van der Waals surface area (Å²) in [5.41, 5.74) is 0. The number of hydrogen-bond acceptors (Lipinski definition) is 4. The molecule has 0 spiro atoms. The Labute approximate surface area is 121 Å². The summed E-state index contributed by atoms with van der Waals surface area (Å²) in [6.45, 7) is 5.19. The number of sulfonamides is 1. The minimum absolute atomic E-state index is 0.0102. The van der Waals surface area contributed by atoms with E-state index in [1.165, 1.54) is 18.9 Å². The van der Waals surface area contributed by atoms with Crippen LogP contribution in [0.1, 0.15) is 45.3 Å². The molecule has 1 fully saturated rings. The highest BCUT2D eigenvalue weighted by atomic mass is 32.2. The first-order valence-corrected chi connectivity index (χ1v) is 8.85. The van der Waals surface area contributed by atoms with Crippen molar-refractivity contribution in [3.63, 3.8) is 0 Å². The van der Waals surface area contributed by atoms with Gasteiger partial charge in [0.15, 0.2) is 0 Å². The Morgan fingerprint density at radius 2 is 2.00 bits per heavy atom. The van der Waals surface area contributed by atoms with E-state index < -0.39 is 10.0 Å². The molecule has 0 amide bonds. The zero-order valence-electron chi connectivity index (χ0n) is 12.2. The lowest BCUT2D eigenvalue weighted by atomic mass is 10.0. The van der Waals surface area contributed by atoms with Crippen LogP contribution >= 0.6 is 0 Å². The molecule has 5 nitrogen and oxygen atoms in total. The molecule has 2 rings (SSSR count). The third-order valence-corrected chi connectivity index (χ3v) is 5.06. The summed E-state index contributed by atoms with van der Waals surface area (Å²) < 4.78 is 32.3. The molecular formula is C14H24N2O3S. The highest BCUT2D eigenvalue weighted by molar-refractivity contribution is 7.89. The first kappa shape index (κ1) is 15.5. The van der Waals surface area contributed by atoms with Crippen molar-refractivity contribution in [1.29, 1.82) is 0 Å². The van der Waals surface area contributed by atoms with E-state index in [0.29, 0.717) is 30.8 Å². The summed E-state index contributed by atoms with van der Waals surface area (Å²) in [5, 5.41) is 3.31. The van der Waals surface area contributed by atoms with Crippen LogP contribution in [0, 0.1) is 5.92 Å². The van der Waals surface area contributed by atoms with Crippen LogP contribution in [-0.4, -0.2) is 21.0 Å². The van der Waals surface area contributed by atoms with Gasteiger partial charge < -0.3 is 9.73 Å². The van der Waals surface area contributed by atoms with Crippen LogP contribution in [0.15, 0.2) is 21.6 Å². The van der Waals surface area contributed by atoms with Gasteiger partial charge in [-0.1, -0.05) is 26.7 Å². The molecule has 1 aliphatic rings. The first-order valence-electron chi connectivity index (χ1n) is 7.37. The minimum atomic E-state index is -3.52. The molecule has 0 saturated heterocycles. The van der Waals surface area contributed by atoms with E-state index in [9.17, 15) is 8.42 Å². The van der Waals surface area contributed by atoms with E-state index >= 15 is 0 Å². The van der Waals surface area contributed by atoms with Crippen molar-refractivity contribution < 1.29 is 12.8 Å². The fourth-order valence-electron chi connectivity index (χ4n) is 2.01. The van der Waals surface area contributed by atoms with Crippen molar-refractivity contribution >= 4 is 10.0 Å². The van der Waals surface area contributed by atoms with Crippen LogP contribution in [0.25, 0.3) is 0 Å². The first-order chi connectivity index (χ1) is 9.55. The Hall–Kier alpha value is -0.850. The second-order valence-corrected chi connectivity index (χ2v) is 7.11. The number of rotatable bonds is 9. The summed E-state index contributed by atoms with van der Waals surface area (Å²) in [6.07, 6.45) is 4.33. The lowest BCUT2D eigenvalue weighted by Crippen LogP contribution is -2.28. The van der Waals surface area contributed by atoms with Gasteiger partial charge in [-0.3, -0.25) is 0 Å². The van der Waals surface area contributed by atoms with Gasteiger partial charge >= 0.3 is 0 Å². The lowest BCUT2D eigenvalue weighted by Gasteiger charge is -2.12. The Balaban J connectivity index is 1.90. The van der Waals surface area contributed by atoms with Crippen LogP contribution < -0.4 is 10.0 Å². The average Bonchev–Trinajstić information content (AvgIpc) is 3.13. The van der Waals surface area contributed by atoms with Crippen LogP contribution in [0.4, 0.5) is 0 Å². The Morgan fingerprint density at radius 3 is 2.60 bits per heavy atom. The summed E-state index contributed by atoms with van der Waals surface area (Å²) in [4.78, 5) is 0. The van der Waals surface area contributed by atoms with Crippen LogP contribution in [0.3, 0.4) is 0 Å². The predicted molar refractivity (Wildman–Crippen MR) is 77.8 cm³/mol. The normalized spacial score (nSPS) is 15.9. The zero-order chi connectivity index (χ0) is 14.6. The SMILES string of the molecule is CCC(CC)CNS(=O)(=O)c1ccc(CNC2CC2)o1. The standard InChI is InChI=1S/C14H24N2O3S/c1-3-11(4-2)9-16-20(17,18)14-8-7-13(19-14)10-15-12-5-6-12/h7-8,11-12,15-16H,3-6,9-10H2,1-2H3. The summed E-state index contributed by atoms with van der Waals surface area (Å²) in [5.74, 6) is 1.04. The molecule has 0 atom stereocenters. The van der Waals surface area contributed by atoms with E-state index in [1.54, 1.807) is 6.07 Å². The molecule has 1 saturated carbocycles. The van der Waals surface area contributed by atoms with Crippen LogP contribution in [0.5, 0.6) is 0 Å². The van der Waals surface area contributed by atoms with E-state index in [1.807, 2.05) is 0 Å². The average molecular weight is 300 g/mol. The maximum atomic E-state index is 12.1. The molecule has 114 valence electrons. The van der Waals surface area contributed by atoms with Crippen molar-refractivity contribution in [2.75, 3.05) is 6.54 Å². The third kappa shape index (κ3) is 4.33. The molecule has 0 unspecified atom stereocenters. The summed E-state index contributed by atoms with van der Waals surface area (Å²) in [7, 11) is -3.52. The predicted octanol–water partition coefficient (Wildman–Crippen LogP) is 2.25. The maximum Gasteiger partial charge on any atom is 0.273 e. The lowest BCUT2D eigenvalue weighted by molar-refractivity contribution is 0.396. The molecule has 1 aromatic heterocycles. The molecule has 0 radical (unpaired) electrons. The van der Waals surface area contributed by atoms with Gasteiger partial charge in [-0.2, -0.15) is 0 Å². The number of furan rings is 1. The molecule has 0 aromatic carbocycles. The molecule has 20 heavy (non-hydrogen) atoms. The van der Waals surface area contributed by atoms with Crippen molar-refractivity contribution in [3.05, 3.63) is 17.9 Å². The highest BCUT2D eigenvalue weighted by Gasteiger charge is 2.22. The van der Waals surface area contributed by atoms with Crippen molar-refractivity contribution in [2.24, 2.45) is 5.92 Å². The second-order valence-electron chi connectivity index (χ2n) is 5.41. The van der Waals surface area contributed by atoms with E-state index in [4.69, 9.17) is 4.42 Å². The molecule has 6 heteroatoms. The molecule has 0 aliphatic heterocycles. The van der Waals surface area contributed by atoms with Gasteiger partial charge in [0.1, 0.15) is 5.76 Å². The van der Waals surface area contributed by atoms with Gasteiger partial charge in [-0.25, -0.2) is 13.1 Å². The van der Waals surface area contributed by atoms with Gasteiger partial charge in [0.25, 0.3) is 10.0 Å². The molecule has 0 bridgehead atoms. The Bertz CT molecular complexity index is 516. The summed E-state index contributed by atoms with van der Waals surface area (Å²) in [6, 6.07) is 3.83. The molecule has 1 heterocycles. The third-order valence-electron chi connectivity index (χ3n) is 3.76. The van der Waals surface area contributed by atoms with Crippen LogP contribution in [-0.2, 0) is 16.6 Å². The Morgan fingerprint density at radius 1 is 1.30 bits per heavy atom. The quantitative estimate of drug-likeness (QED) is 0.734. The van der Waals surface area contributed by atoms with E-state index in [2.05, 4.69) is 23.9 Å². The van der Waals surface area contributed by atoms with Crippen molar-refractivity contribution in [3.8, 4) is 0 Å². The largest absolute Gasteiger partial charge is 0.447 e. The van der Waals surface area contributed by atoms with Gasteiger partial charge in [0, 0.05) is 12.6 Å². The van der Waals surface area contributed by atoms with Gasteiger partial charge in [0.05, 0.1) is 6.54 Å². The van der Waals surface area contributed by atoms with Gasteiger partial charge in [-0.15, -0.1) is 0 Å². The fourth-order valence-corrected chi connectivity index (χ4v) is 3.07. The van der Waals surface area contributed by atoms with E-state index in [-0.39, 0.29) is 5.09 Å². The van der Waals surface area contributed by atoms with Crippen molar-refractivity contribution in [1.82, 2.24) is 10.0 Å². The number of hydrogen-bond donors (Lipinski definition) is 2. The minimum Gasteiger partial charge on any atom is -0.447 e. The smallest absolute Gasteiger partial charge is 0.273 e. The molecule has 1 aromatic rings. The monoisotopic (exact) mass is 300 g/mol. The van der Waals surface area contributed by atoms with Gasteiger partial charge in [0.2, 0.25) is 5.09 Å². The topological polar surface area (TPSA) is 71.3 Å². The van der Waals surface area contributed by atoms with E-state index in [0.717, 1.165) is 12.8 Å². The Kier molecular flexibility index (Phi) is 5.23. The van der Waals surface area contributed by atoms with Gasteiger partial charge in [-0.05, 0) is 30.9 Å². The zero-order valence-corrected chi connectivity index (χ0v) is 13.0. The highest BCUT2D eigenvalue weighted by Crippen LogP contribution is 2.20. The molecule has 2 N–H and O–H groups in total. The van der Waals surface area contributed by atoms with Crippen molar-refractivity contribution in [2.45, 2.75) is 57.2 Å². The second kappa shape index (κ2) is 6.74. The molecular weight excluding hydrogens is 276 g/mol. The summed E-state index contributed by atoms with van der Waals surface area (Å²) >= 11 is 0. The number of nitrogens with one attached hydrogen (secondary N) is 2.